The highest BCUT2D eigenvalue weighted by atomic mass is 127. The van der Waals surface area contributed by atoms with Gasteiger partial charge in [-0.2, -0.15) is 0 Å². The van der Waals surface area contributed by atoms with Gasteiger partial charge < -0.3 is 25.4 Å². The minimum atomic E-state index is -0.0485. The zero-order valence-corrected chi connectivity index (χ0v) is 21.7. The summed E-state index contributed by atoms with van der Waals surface area (Å²) in [5, 5.41) is 9.52. The molecule has 0 aliphatic heterocycles. The smallest absolute Gasteiger partial charge is 0.251 e. The summed E-state index contributed by atoms with van der Waals surface area (Å²) >= 11 is 0. The number of hydrogen-bond acceptors (Lipinski definition) is 4. The number of ether oxygens (including phenoxy) is 2. The van der Waals surface area contributed by atoms with Crippen molar-refractivity contribution in [3.63, 3.8) is 0 Å². The summed E-state index contributed by atoms with van der Waals surface area (Å²) in [6.07, 6.45) is 1.73. The summed E-state index contributed by atoms with van der Waals surface area (Å²) in [4.78, 5) is 16.8. The molecule has 2 aromatic carbocycles. The first-order valence-electron chi connectivity index (χ1n) is 10.7. The number of halogens is 1. The van der Waals surface area contributed by atoms with Crippen LogP contribution in [-0.4, -0.2) is 45.7 Å². The Hall–Kier alpha value is -2.49. The van der Waals surface area contributed by atoms with E-state index in [4.69, 9.17) is 9.47 Å². The van der Waals surface area contributed by atoms with Crippen LogP contribution >= 0.6 is 24.0 Å². The molecule has 0 aliphatic rings. The minimum Gasteiger partial charge on any atom is -0.493 e. The topological polar surface area (TPSA) is 84.0 Å². The fourth-order valence-corrected chi connectivity index (χ4v) is 3.02. The summed E-state index contributed by atoms with van der Waals surface area (Å²) in [5.74, 6) is 2.14. The Balaban J connectivity index is 0.00000512. The van der Waals surface area contributed by atoms with E-state index in [1.54, 1.807) is 14.2 Å². The highest BCUT2D eigenvalue weighted by molar-refractivity contribution is 14.0. The normalized spacial score (nSPS) is 10.7. The number of carbonyl (C=O) groups is 1. The molecule has 0 aromatic heterocycles. The number of hydrogen-bond donors (Lipinski definition) is 3. The van der Waals surface area contributed by atoms with Gasteiger partial charge in [0.2, 0.25) is 0 Å². The van der Waals surface area contributed by atoms with Crippen molar-refractivity contribution in [2.24, 2.45) is 4.99 Å². The second-order valence-electron chi connectivity index (χ2n) is 7.02. The molecule has 7 nitrogen and oxygen atoms in total. The Bertz CT molecular complexity index is 874. The van der Waals surface area contributed by atoms with E-state index >= 15 is 0 Å². The first kappa shape index (κ1) is 27.5. The summed E-state index contributed by atoms with van der Waals surface area (Å²) in [6, 6.07) is 13.5. The SMILES string of the molecule is CCCNC(=O)c1cccc(CN=C(NCC)NCCc2ccc(OC)c(OC)c2)c1.I. The molecular weight excluding hydrogens is 519 g/mol. The lowest BCUT2D eigenvalue weighted by Crippen LogP contribution is -2.38. The molecule has 0 bridgehead atoms. The van der Waals surface area contributed by atoms with Crippen LogP contribution in [-0.2, 0) is 13.0 Å². The molecule has 2 aromatic rings. The summed E-state index contributed by atoms with van der Waals surface area (Å²) in [5.41, 5.74) is 2.79. The van der Waals surface area contributed by atoms with Gasteiger partial charge in [0, 0.05) is 25.2 Å². The van der Waals surface area contributed by atoms with Gasteiger partial charge in [-0.15, -0.1) is 24.0 Å². The maximum Gasteiger partial charge on any atom is 0.251 e. The molecule has 0 saturated carbocycles. The number of nitrogens with zero attached hydrogens (tertiary/aromatic N) is 1. The van der Waals surface area contributed by atoms with Crippen molar-refractivity contribution in [1.29, 1.82) is 0 Å². The van der Waals surface area contributed by atoms with E-state index in [9.17, 15) is 4.79 Å². The average Bonchev–Trinajstić information content (AvgIpc) is 2.81. The van der Waals surface area contributed by atoms with Crippen molar-refractivity contribution in [1.82, 2.24) is 16.0 Å². The maximum atomic E-state index is 12.2. The number of aliphatic imine (C=N–C) groups is 1. The third-order valence-electron chi connectivity index (χ3n) is 4.64. The number of nitrogens with one attached hydrogen (secondary N) is 3. The Morgan fingerprint density at radius 1 is 0.906 bits per heavy atom. The van der Waals surface area contributed by atoms with E-state index in [1.807, 2.05) is 56.3 Å². The van der Waals surface area contributed by atoms with Crippen molar-refractivity contribution in [3.8, 4) is 11.5 Å². The number of amides is 1. The molecule has 0 atom stereocenters. The van der Waals surface area contributed by atoms with E-state index in [1.165, 1.54) is 0 Å². The van der Waals surface area contributed by atoms with E-state index < -0.39 is 0 Å². The van der Waals surface area contributed by atoms with Crippen LogP contribution in [0.25, 0.3) is 0 Å². The van der Waals surface area contributed by atoms with Gasteiger partial charge in [0.1, 0.15) is 0 Å². The first-order chi connectivity index (χ1) is 15.1. The molecule has 0 spiro atoms. The number of methoxy groups -OCH3 is 2. The van der Waals surface area contributed by atoms with Gasteiger partial charge in [0.25, 0.3) is 5.91 Å². The summed E-state index contributed by atoms with van der Waals surface area (Å²) in [7, 11) is 3.27. The highest BCUT2D eigenvalue weighted by Crippen LogP contribution is 2.27. The Labute approximate surface area is 208 Å². The zero-order valence-electron chi connectivity index (χ0n) is 19.4. The van der Waals surface area contributed by atoms with Crippen LogP contribution in [0.1, 0.15) is 41.8 Å². The molecule has 0 aliphatic carbocycles. The number of carbonyl (C=O) groups excluding carboxylic acids is 1. The van der Waals surface area contributed by atoms with Gasteiger partial charge in [-0.3, -0.25) is 4.79 Å². The third-order valence-corrected chi connectivity index (χ3v) is 4.64. The molecular formula is C24H35IN4O3. The molecule has 3 N–H and O–H groups in total. The van der Waals surface area contributed by atoms with Crippen LogP contribution < -0.4 is 25.4 Å². The third kappa shape index (κ3) is 8.94. The van der Waals surface area contributed by atoms with Crippen molar-refractivity contribution in [3.05, 3.63) is 59.2 Å². The molecule has 1 amide bonds. The van der Waals surface area contributed by atoms with Crippen LogP contribution in [0.4, 0.5) is 0 Å². The van der Waals surface area contributed by atoms with Gasteiger partial charge in [0.15, 0.2) is 17.5 Å². The first-order valence-corrected chi connectivity index (χ1v) is 10.7. The monoisotopic (exact) mass is 554 g/mol. The van der Waals surface area contributed by atoms with Crippen LogP contribution in [0.15, 0.2) is 47.5 Å². The van der Waals surface area contributed by atoms with Crippen molar-refractivity contribution in [2.45, 2.75) is 33.2 Å². The average molecular weight is 554 g/mol. The zero-order chi connectivity index (χ0) is 22.5. The van der Waals surface area contributed by atoms with E-state index in [0.29, 0.717) is 18.7 Å². The van der Waals surface area contributed by atoms with Crippen molar-refractivity contribution >= 4 is 35.8 Å². The lowest BCUT2D eigenvalue weighted by Gasteiger charge is -2.13. The molecule has 0 radical (unpaired) electrons. The fraction of sp³-hybridized carbons (Fsp3) is 0.417. The van der Waals surface area contributed by atoms with E-state index in [2.05, 4.69) is 20.9 Å². The lowest BCUT2D eigenvalue weighted by atomic mass is 10.1. The molecule has 176 valence electrons. The lowest BCUT2D eigenvalue weighted by molar-refractivity contribution is 0.0953. The van der Waals surface area contributed by atoms with Gasteiger partial charge >= 0.3 is 0 Å². The number of guanidine groups is 1. The second-order valence-corrected chi connectivity index (χ2v) is 7.02. The van der Waals surface area contributed by atoms with Gasteiger partial charge in [-0.05, 0) is 55.2 Å². The van der Waals surface area contributed by atoms with Crippen LogP contribution in [0.3, 0.4) is 0 Å². The van der Waals surface area contributed by atoms with Crippen LogP contribution in [0, 0.1) is 0 Å². The van der Waals surface area contributed by atoms with E-state index in [-0.39, 0.29) is 29.9 Å². The van der Waals surface area contributed by atoms with Crippen LogP contribution in [0.5, 0.6) is 11.5 Å². The largest absolute Gasteiger partial charge is 0.493 e. The Morgan fingerprint density at radius 2 is 1.69 bits per heavy atom. The standard InChI is InChI=1S/C24H34N4O3.HI/c1-5-13-26-23(29)20-9-7-8-19(15-20)17-28-24(25-6-2)27-14-12-18-10-11-21(30-3)22(16-18)31-4;/h7-11,15-16H,5-6,12-14,17H2,1-4H3,(H,26,29)(H2,25,27,28);1H. The van der Waals surface area contributed by atoms with E-state index in [0.717, 1.165) is 54.5 Å². The molecule has 32 heavy (non-hydrogen) atoms. The Kier molecular flexibility index (Phi) is 13.2. The van der Waals surface area contributed by atoms with Crippen molar-refractivity contribution in [2.75, 3.05) is 33.9 Å². The van der Waals surface area contributed by atoms with Gasteiger partial charge in [-0.1, -0.05) is 25.1 Å². The molecule has 0 unspecified atom stereocenters. The molecule has 0 fully saturated rings. The number of benzene rings is 2. The molecule has 2 rings (SSSR count). The van der Waals surface area contributed by atoms with Crippen LogP contribution in [0.2, 0.25) is 0 Å². The Morgan fingerprint density at radius 3 is 2.38 bits per heavy atom. The molecule has 0 heterocycles. The second kappa shape index (κ2) is 15.3. The predicted octanol–water partition coefficient (Wildman–Crippen LogP) is 3.76. The highest BCUT2D eigenvalue weighted by Gasteiger charge is 2.07. The summed E-state index contributed by atoms with van der Waals surface area (Å²) < 4.78 is 10.7. The summed E-state index contributed by atoms with van der Waals surface area (Å²) in [6.45, 7) is 6.72. The minimum absolute atomic E-state index is 0. The predicted molar refractivity (Wildman–Crippen MR) is 141 cm³/mol. The van der Waals surface area contributed by atoms with Gasteiger partial charge in [0.05, 0.1) is 20.8 Å². The van der Waals surface area contributed by atoms with Crippen molar-refractivity contribution < 1.29 is 14.3 Å². The fourth-order valence-electron chi connectivity index (χ4n) is 3.02. The quantitative estimate of drug-likeness (QED) is 0.224. The maximum absolute atomic E-state index is 12.2. The molecule has 8 heteroatoms. The van der Waals surface area contributed by atoms with Gasteiger partial charge in [-0.25, -0.2) is 4.99 Å². The molecule has 0 saturated heterocycles. The number of rotatable bonds is 11.